The summed E-state index contributed by atoms with van der Waals surface area (Å²) in [6.45, 7) is 0. The number of rotatable bonds is 1. The Morgan fingerprint density at radius 2 is 2.19 bits per heavy atom. The first-order valence-corrected chi connectivity index (χ1v) is 4.71. The minimum Gasteiger partial charge on any atom is -0.363 e. The van der Waals surface area contributed by atoms with Crippen molar-refractivity contribution >= 4 is 5.91 Å². The SMILES string of the molecule is NC(=O)c1nc2n(n1)C(C(F)(F)F)CCC2. The van der Waals surface area contributed by atoms with Crippen molar-refractivity contribution in [2.75, 3.05) is 0 Å². The molecule has 1 atom stereocenters. The van der Waals surface area contributed by atoms with Crippen LogP contribution < -0.4 is 5.73 Å². The van der Waals surface area contributed by atoms with Gasteiger partial charge in [-0.15, -0.1) is 5.10 Å². The largest absolute Gasteiger partial charge is 0.410 e. The maximum atomic E-state index is 12.6. The van der Waals surface area contributed by atoms with Crippen LogP contribution in [0.2, 0.25) is 0 Å². The van der Waals surface area contributed by atoms with Gasteiger partial charge in [0.15, 0.2) is 0 Å². The zero-order chi connectivity index (χ0) is 11.9. The van der Waals surface area contributed by atoms with Crippen molar-refractivity contribution in [1.82, 2.24) is 14.8 Å². The smallest absolute Gasteiger partial charge is 0.363 e. The standard InChI is InChI=1S/C8H9F3N4O/c9-8(10,11)4-2-1-3-5-13-7(6(12)16)14-15(4)5/h4H,1-3H2,(H2,12,16). The number of halogens is 3. The highest BCUT2D eigenvalue weighted by Crippen LogP contribution is 2.37. The molecule has 0 aromatic carbocycles. The maximum Gasteiger partial charge on any atom is 0.410 e. The summed E-state index contributed by atoms with van der Waals surface area (Å²) in [5.41, 5.74) is 4.92. The molecule has 1 amide bonds. The van der Waals surface area contributed by atoms with E-state index in [2.05, 4.69) is 10.1 Å². The molecule has 5 nitrogen and oxygen atoms in total. The van der Waals surface area contributed by atoms with Gasteiger partial charge in [-0.3, -0.25) is 4.79 Å². The Kier molecular flexibility index (Phi) is 2.36. The van der Waals surface area contributed by atoms with Gasteiger partial charge in [0.1, 0.15) is 11.9 Å². The molecule has 2 rings (SSSR count). The van der Waals surface area contributed by atoms with Crippen molar-refractivity contribution in [1.29, 1.82) is 0 Å². The van der Waals surface area contributed by atoms with Crippen LogP contribution in [0.4, 0.5) is 13.2 Å². The van der Waals surface area contributed by atoms with Crippen LogP contribution in [0.3, 0.4) is 0 Å². The number of nitrogens with zero attached hydrogens (tertiary/aromatic N) is 3. The topological polar surface area (TPSA) is 73.8 Å². The second-order valence-electron chi connectivity index (χ2n) is 3.61. The minimum atomic E-state index is -4.38. The zero-order valence-electron chi connectivity index (χ0n) is 8.16. The van der Waals surface area contributed by atoms with Gasteiger partial charge >= 0.3 is 6.18 Å². The Balaban J connectivity index is 2.42. The van der Waals surface area contributed by atoms with E-state index in [1.807, 2.05) is 0 Å². The molecule has 0 spiro atoms. The summed E-state index contributed by atoms with van der Waals surface area (Å²) >= 11 is 0. The molecule has 0 radical (unpaired) electrons. The van der Waals surface area contributed by atoms with E-state index < -0.39 is 18.1 Å². The van der Waals surface area contributed by atoms with E-state index in [1.165, 1.54) is 0 Å². The van der Waals surface area contributed by atoms with Gasteiger partial charge in [-0.1, -0.05) is 0 Å². The normalized spacial score (nSPS) is 20.6. The monoisotopic (exact) mass is 234 g/mol. The lowest BCUT2D eigenvalue weighted by Gasteiger charge is -2.25. The summed E-state index contributed by atoms with van der Waals surface area (Å²) in [6.07, 6.45) is -3.66. The van der Waals surface area contributed by atoms with Crippen molar-refractivity contribution in [3.8, 4) is 0 Å². The van der Waals surface area contributed by atoms with Gasteiger partial charge < -0.3 is 5.73 Å². The van der Waals surface area contributed by atoms with E-state index in [0.717, 1.165) is 4.68 Å². The number of nitrogens with two attached hydrogens (primary N) is 1. The number of fused-ring (bicyclic) bond motifs is 1. The predicted octanol–water partition coefficient (Wildman–Crippen LogP) is 0.817. The molecule has 0 aliphatic carbocycles. The number of primary amides is 1. The van der Waals surface area contributed by atoms with Crippen molar-refractivity contribution in [2.45, 2.75) is 31.5 Å². The van der Waals surface area contributed by atoms with Gasteiger partial charge in [-0.2, -0.15) is 13.2 Å². The molecule has 0 saturated heterocycles. The van der Waals surface area contributed by atoms with Crippen LogP contribution in [0, 0.1) is 0 Å². The molecular weight excluding hydrogens is 225 g/mol. The number of hydrogen-bond acceptors (Lipinski definition) is 3. The van der Waals surface area contributed by atoms with Crippen LogP contribution in [0.15, 0.2) is 0 Å². The minimum absolute atomic E-state index is 0.0436. The summed E-state index contributed by atoms with van der Waals surface area (Å²) in [7, 11) is 0. The number of carbonyl (C=O) groups excluding carboxylic acids is 1. The zero-order valence-corrected chi connectivity index (χ0v) is 8.16. The first-order chi connectivity index (χ1) is 7.39. The third kappa shape index (κ3) is 1.74. The third-order valence-electron chi connectivity index (χ3n) is 2.47. The number of aryl methyl sites for hydroxylation is 1. The van der Waals surface area contributed by atoms with Crippen LogP contribution in [-0.2, 0) is 6.42 Å². The fourth-order valence-electron chi connectivity index (χ4n) is 1.76. The Morgan fingerprint density at radius 3 is 2.75 bits per heavy atom. The van der Waals surface area contributed by atoms with Gasteiger partial charge in [0.05, 0.1) is 0 Å². The molecule has 0 saturated carbocycles. The maximum absolute atomic E-state index is 12.6. The lowest BCUT2D eigenvalue weighted by atomic mass is 10.1. The molecule has 2 N–H and O–H groups in total. The molecule has 88 valence electrons. The van der Waals surface area contributed by atoms with Crippen LogP contribution in [0.1, 0.15) is 35.3 Å². The lowest BCUT2D eigenvalue weighted by molar-refractivity contribution is -0.174. The molecule has 8 heteroatoms. The van der Waals surface area contributed by atoms with Gasteiger partial charge in [0.25, 0.3) is 5.91 Å². The van der Waals surface area contributed by atoms with E-state index in [0.29, 0.717) is 12.8 Å². The molecule has 1 aliphatic rings. The second kappa shape index (κ2) is 3.46. The Labute approximate surface area is 88.4 Å². The van der Waals surface area contributed by atoms with Crippen LogP contribution in [0.25, 0.3) is 0 Å². The van der Waals surface area contributed by atoms with Gasteiger partial charge in [-0.25, -0.2) is 9.67 Å². The number of hydrogen-bond donors (Lipinski definition) is 1. The molecule has 1 unspecified atom stereocenters. The third-order valence-corrected chi connectivity index (χ3v) is 2.47. The quantitative estimate of drug-likeness (QED) is 0.781. The van der Waals surface area contributed by atoms with E-state index in [9.17, 15) is 18.0 Å². The molecular formula is C8H9F3N4O. The number of carbonyl (C=O) groups is 1. The molecule has 1 aliphatic heterocycles. The Bertz CT molecular complexity index is 425. The highest BCUT2D eigenvalue weighted by atomic mass is 19.4. The number of aromatic nitrogens is 3. The van der Waals surface area contributed by atoms with Crippen molar-refractivity contribution in [3.05, 3.63) is 11.6 Å². The highest BCUT2D eigenvalue weighted by molar-refractivity contribution is 5.88. The Morgan fingerprint density at radius 1 is 1.50 bits per heavy atom. The second-order valence-corrected chi connectivity index (χ2v) is 3.61. The molecule has 2 heterocycles. The van der Waals surface area contributed by atoms with Crippen LogP contribution in [-0.4, -0.2) is 26.8 Å². The van der Waals surface area contributed by atoms with Gasteiger partial charge in [-0.05, 0) is 12.8 Å². The van der Waals surface area contributed by atoms with Crippen molar-refractivity contribution in [2.24, 2.45) is 5.73 Å². The number of alkyl halides is 3. The number of amides is 1. The lowest BCUT2D eigenvalue weighted by Crippen LogP contribution is -2.31. The highest BCUT2D eigenvalue weighted by Gasteiger charge is 2.44. The van der Waals surface area contributed by atoms with E-state index in [4.69, 9.17) is 5.73 Å². The summed E-state index contributed by atoms with van der Waals surface area (Å²) < 4.78 is 38.6. The predicted molar refractivity (Wildman–Crippen MR) is 46.6 cm³/mol. The van der Waals surface area contributed by atoms with Crippen molar-refractivity contribution < 1.29 is 18.0 Å². The fourth-order valence-corrected chi connectivity index (χ4v) is 1.76. The Hall–Kier alpha value is -1.60. The van der Waals surface area contributed by atoms with E-state index in [1.54, 1.807) is 0 Å². The van der Waals surface area contributed by atoms with E-state index >= 15 is 0 Å². The summed E-state index contributed by atoms with van der Waals surface area (Å²) in [4.78, 5) is 14.5. The molecule has 0 bridgehead atoms. The molecule has 1 aromatic rings. The molecule has 1 aromatic heterocycles. The van der Waals surface area contributed by atoms with Crippen LogP contribution >= 0.6 is 0 Å². The van der Waals surface area contributed by atoms with E-state index in [-0.39, 0.29) is 18.1 Å². The first-order valence-electron chi connectivity index (χ1n) is 4.71. The molecule has 0 fully saturated rings. The fraction of sp³-hybridized carbons (Fsp3) is 0.625. The van der Waals surface area contributed by atoms with Crippen LogP contribution in [0.5, 0.6) is 0 Å². The summed E-state index contributed by atoms with van der Waals surface area (Å²) in [5.74, 6) is -1.10. The van der Waals surface area contributed by atoms with Gasteiger partial charge in [0, 0.05) is 6.42 Å². The summed E-state index contributed by atoms with van der Waals surface area (Å²) in [6, 6.07) is -1.70. The van der Waals surface area contributed by atoms with Gasteiger partial charge in [0.2, 0.25) is 5.82 Å². The molecule has 16 heavy (non-hydrogen) atoms. The van der Waals surface area contributed by atoms with Crippen molar-refractivity contribution in [3.63, 3.8) is 0 Å². The first kappa shape index (κ1) is 10.9. The average molecular weight is 234 g/mol. The average Bonchev–Trinajstić information content (AvgIpc) is 2.58. The summed E-state index contributed by atoms with van der Waals surface area (Å²) in [5, 5.41) is 3.51.